The van der Waals surface area contributed by atoms with Gasteiger partial charge in [-0.05, 0) is 40.9 Å². The molecule has 0 bridgehead atoms. The summed E-state index contributed by atoms with van der Waals surface area (Å²) >= 11 is 3.29. The van der Waals surface area contributed by atoms with Crippen molar-refractivity contribution in [2.24, 2.45) is 0 Å². The maximum absolute atomic E-state index is 12.7. The lowest BCUT2D eigenvalue weighted by molar-refractivity contribution is 0.0507. The van der Waals surface area contributed by atoms with Crippen LogP contribution in [-0.4, -0.2) is 45.1 Å². The van der Waals surface area contributed by atoms with Gasteiger partial charge in [0, 0.05) is 25.0 Å². The molecule has 8 nitrogen and oxygen atoms in total. The second kappa shape index (κ2) is 7.28. The summed E-state index contributed by atoms with van der Waals surface area (Å²) < 4.78 is 17.0. The van der Waals surface area contributed by atoms with Gasteiger partial charge in [0.05, 0.1) is 17.3 Å². The number of hydrogen-bond donors (Lipinski definition) is 0. The topological polar surface area (TPSA) is 94.5 Å². The highest BCUT2D eigenvalue weighted by molar-refractivity contribution is 9.10. The first-order valence-corrected chi connectivity index (χ1v) is 8.92. The minimum absolute atomic E-state index is 0.162. The van der Waals surface area contributed by atoms with Gasteiger partial charge in [0.25, 0.3) is 5.91 Å². The van der Waals surface area contributed by atoms with E-state index in [1.807, 2.05) is 0 Å². The molecule has 1 saturated heterocycles. The Balaban J connectivity index is 1.42. The van der Waals surface area contributed by atoms with E-state index in [1.165, 1.54) is 6.26 Å². The molecule has 1 unspecified atom stereocenters. The van der Waals surface area contributed by atoms with Crippen LogP contribution in [0.15, 0.2) is 50.3 Å². The number of halogens is 1. The van der Waals surface area contributed by atoms with Crippen LogP contribution in [0.2, 0.25) is 0 Å². The summed E-state index contributed by atoms with van der Waals surface area (Å²) in [6.45, 7) is 1.09. The Kier molecular flexibility index (Phi) is 4.70. The van der Waals surface area contributed by atoms with E-state index in [-0.39, 0.29) is 17.7 Å². The number of hydrogen-bond acceptors (Lipinski definition) is 7. The number of piperidine rings is 1. The first-order chi connectivity index (χ1) is 12.7. The van der Waals surface area contributed by atoms with Gasteiger partial charge in [-0.2, -0.15) is 0 Å². The zero-order chi connectivity index (χ0) is 17.9. The lowest BCUT2D eigenvalue weighted by Gasteiger charge is -2.31. The molecule has 26 heavy (non-hydrogen) atoms. The van der Waals surface area contributed by atoms with Crippen LogP contribution >= 0.6 is 15.9 Å². The van der Waals surface area contributed by atoms with Crippen molar-refractivity contribution in [3.8, 4) is 17.5 Å². The number of aromatic nitrogens is 3. The Morgan fingerprint density at radius 3 is 2.92 bits per heavy atom. The van der Waals surface area contributed by atoms with Crippen LogP contribution in [0.3, 0.4) is 0 Å². The Hall–Kier alpha value is -2.68. The van der Waals surface area contributed by atoms with Crippen LogP contribution in [0.4, 0.5) is 0 Å². The fourth-order valence-corrected chi connectivity index (χ4v) is 3.01. The third-order valence-electron chi connectivity index (χ3n) is 4.03. The van der Waals surface area contributed by atoms with E-state index in [0.29, 0.717) is 30.6 Å². The van der Waals surface area contributed by atoms with Crippen molar-refractivity contribution < 1.29 is 18.5 Å². The normalized spacial score (nSPS) is 17.3. The minimum Gasteiger partial charge on any atom is -0.461 e. The van der Waals surface area contributed by atoms with Crippen LogP contribution in [0.1, 0.15) is 23.3 Å². The summed E-state index contributed by atoms with van der Waals surface area (Å²) in [6, 6.07) is 5.38. The number of nitrogens with zero attached hydrogens (tertiary/aromatic N) is 4. The molecule has 0 spiro atoms. The molecule has 4 heterocycles. The van der Waals surface area contributed by atoms with Gasteiger partial charge in [0.15, 0.2) is 11.5 Å². The quantitative estimate of drug-likeness (QED) is 0.641. The van der Waals surface area contributed by atoms with E-state index in [9.17, 15) is 4.79 Å². The standard InChI is InChI=1S/C17H15BrN4O4/c18-11-8-19-17(20-9-11)25-12-3-1-5-22(10-12)16(23)13-7-15(26-21-13)14-4-2-6-24-14/h2,4,6-9,12H,1,3,5,10H2. The third kappa shape index (κ3) is 3.62. The minimum atomic E-state index is -0.198. The van der Waals surface area contributed by atoms with Crippen LogP contribution in [0.25, 0.3) is 11.5 Å². The lowest BCUT2D eigenvalue weighted by Crippen LogP contribution is -2.44. The highest BCUT2D eigenvalue weighted by atomic mass is 79.9. The van der Waals surface area contributed by atoms with E-state index < -0.39 is 0 Å². The van der Waals surface area contributed by atoms with E-state index in [2.05, 4.69) is 31.1 Å². The van der Waals surface area contributed by atoms with Gasteiger partial charge in [-0.25, -0.2) is 9.97 Å². The Morgan fingerprint density at radius 2 is 2.15 bits per heavy atom. The molecule has 1 atom stereocenters. The predicted molar refractivity (Wildman–Crippen MR) is 93.5 cm³/mol. The van der Waals surface area contributed by atoms with E-state index in [4.69, 9.17) is 13.7 Å². The smallest absolute Gasteiger partial charge is 0.316 e. The highest BCUT2D eigenvalue weighted by Gasteiger charge is 2.28. The average molecular weight is 419 g/mol. The number of furan rings is 1. The first kappa shape index (κ1) is 16.8. The van der Waals surface area contributed by atoms with Crippen molar-refractivity contribution in [3.63, 3.8) is 0 Å². The second-order valence-electron chi connectivity index (χ2n) is 5.87. The molecule has 0 N–H and O–H groups in total. The van der Waals surface area contributed by atoms with Crippen LogP contribution in [0.5, 0.6) is 6.01 Å². The predicted octanol–water partition coefficient (Wildman–Crippen LogP) is 3.17. The monoisotopic (exact) mass is 418 g/mol. The maximum atomic E-state index is 12.7. The van der Waals surface area contributed by atoms with E-state index >= 15 is 0 Å². The molecule has 4 rings (SSSR count). The van der Waals surface area contributed by atoms with Gasteiger partial charge in [-0.1, -0.05) is 5.16 Å². The van der Waals surface area contributed by atoms with Crippen molar-refractivity contribution >= 4 is 21.8 Å². The van der Waals surface area contributed by atoms with E-state index in [0.717, 1.165) is 17.3 Å². The lowest BCUT2D eigenvalue weighted by atomic mass is 10.1. The van der Waals surface area contributed by atoms with Crippen molar-refractivity contribution in [3.05, 3.63) is 47.0 Å². The van der Waals surface area contributed by atoms with Gasteiger partial charge < -0.3 is 18.6 Å². The SMILES string of the molecule is O=C(c1cc(-c2ccco2)on1)N1CCCC(Oc2ncc(Br)cn2)C1. The third-order valence-corrected chi connectivity index (χ3v) is 4.44. The number of likely N-dealkylation sites (tertiary alicyclic amines) is 1. The molecule has 1 amide bonds. The summed E-state index contributed by atoms with van der Waals surface area (Å²) in [4.78, 5) is 22.6. The Bertz CT molecular complexity index is 879. The first-order valence-electron chi connectivity index (χ1n) is 8.13. The van der Waals surface area contributed by atoms with Gasteiger partial charge in [0.2, 0.25) is 5.76 Å². The molecule has 3 aromatic heterocycles. The molecule has 0 radical (unpaired) electrons. The van der Waals surface area contributed by atoms with Crippen molar-refractivity contribution in [2.75, 3.05) is 13.1 Å². The molecule has 0 aliphatic carbocycles. The zero-order valence-corrected chi connectivity index (χ0v) is 15.3. The van der Waals surface area contributed by atoms with Crippen LogP contribution in [0, 0.1) is 0 Å². The van der Waals surface area contributed by atoms with Crippen molar-refractivity contribution in [1.82, 2.24) is 20.0 Å². The fraction of sp³-hybridized carbons (Fsp3) is 0.294. The summed E-state index contributed by atoms with van der Waals surface area (Å²) in [6.07, 6.45) is 6.29. The zero-order valence-electron chi connectivity index (χ0n) is 13.7. The fourth-order valence-electron chi connectivity index (χ4n) is 2.80. The average Bonchev–Trinajstić information content (AvgIpc) is 3.35. The van der Waals surface area contributed by atoms with Crippen LogP contribution in [-0.2, 0) is 0 Å². The number of amides is 1. The number of ether oxygens (including phenoxy) is 1. The molecule has 1 aliphatic heterocycles. The second-order valence-corrected chi connectivity index (χ2v) is 6.79. The molecular formula is C17H15BrN4O4. The summed E-state index contributed by atoms with van der Waals surface area (Å²) in [5.41, 5.74) is 0.247. The molecule has 0 aromatic carbocycles. The molecule has 134 valence electrons. The molecule has 3 aromatic rings. The molecule has 1 aliphatic rings. The van der Waals surface area contributed by atoms with Gasteiger partial charge >= 0.3 is 6.01 Å². The Labute approximate surface area is 157 Å². The maximum Gasteiger partial charge on any atom is 0.316 e. The molecular weight excluding hydrogens is 404 g/mol. The van der Waals surface area contributed by atoms with Crippen molar-refractivity contribution in [2.45, 2.75) is 18.9 Å². The van der Waals surface area contributed by atoms with Gasteiger partial charge in [-0.15, -0.1) is 0 Å². The highest BCUT2D eigenvalue weighted by Crippen LogP contribution is 2.23. The summed E-state index contributed by atoms with van der Waals surface area (Å²) in [5.74, 6) is 0.756. The molecule has 9 heteroatoms. The number of carbonyl (C=O) groups is 1. The van der Waals surface area contributed by atoms with Gasteiger partial charge in [0.1, 0.15) is 6.10 Å². The van der Waals surface area contributed by atoms with Gasteiger partial charge in [-0.3, -0.25) is 4.79 Å². The summed E-state index contributed by atoms with van der Waals surface area (Å²) in [5, 5.41) is 3.87. The molecule has 1 fully saturated rings. The van der Waals surface area contributed by atoms with Crippen molar-refractivity contribution in [1.29, 1.82) is 0 Å². The summed E-state index contributed by atoms with van der Waals surface area (Å²) in [7, 11) is 0. The van der Waals surface area contributed by atoms with E-state index in [1.54, 1.807) is 35.5 Å². The largest absolute Gasteiger partial charge is 0.461 e. The van der Waals surface area contributed by atoms with Crippen LogP contribution < -0.4 is 4.74 Å². The number of carbonyl (C=O) groups excluding carboxylic acids is 1. The molecule has 0 saturated carbocycles. The Morgan fingerprint density at radius 1 is 1.31 bits per heavy atom. The number of rotatable bonds is 4.